The molecule has 4 heterocycles. The van der Waals surface area contributed by atoms with E-state index >= 15 is 0 Å². The molecule has 0 atom stereocenters. The van der Waals surface area contributed by atoms with Gasteiger partial charge in [-0.25, -0.2) is 0 Å². The van der Waals surface area contributed by atoms with E-state index in [-0.39, 0.29) is 37.4 Å². The van der Waals surface area contributed by atoms with E-state index in [1.54, 1.807) is 24.5 Å². The zero-order valence-electron chi connectivity index (χ0n) is 22.8. The second kappa shape index (κ2) is 10.5. The summed E-state index contributed by atoms with van der Waals surface area (Å²) < 4.78 is 38.4. The molecule has 0 amide bonds. The predicted molar refractivity (Wildman–Crippen MR) is 146 cm³/mol. The summed E-state index contributed by atoms with van der Waals surface area (Å²) in [5.41, 5.74) is 4.32. The SMILES string of the molecule is CC(C)(C)c1cc2nc(C(F)(F)F)n[c-]c2c2ncccc12.CC(C)(C)c1n[n-]c2c1ccc1cccnc12.[Pt+2]. The molecule has 0 aliphatic rings. The molecule has 0 aliphatic carbocycles. The van der Waals surface area contributed by atoms with Crippen molar-refractivity contribution in [1.82, 2.24) is 30.1 Å². The van der Waals surface area contributed by atoms with Crippen LogP contribution in [0.3, 0.4) is 0 Å². The minimum Gasteiger partial charge on any atom is -0.573 e. The minimum atomic E-state index is -4.59. The van der Waals surface area contributed by atoms with E-state index in [9.17, 15) is 13.2 Å². The van der Waals surface area contributed by atoms with Crippen molar-refractivity contribution in [3.8, 4) is 0 Å². The number of hydrogen-bond acceptors (Lipinski definition) is 5. The number of aromatic nitrogens is 6. The summed E-state index contributed by atoms with van der Waals surface area (Å²) in [6.45, 7) is 12.4. The Morgan fingerprint density at radius 3 is 2.12 bits per heavy atom. The molecule has 6 aromatic rings. The molecule has 0 N–H and O–H groups in total. The molecule has 0 saturated carbocycles. The molecule has 0 saturated heterocycles. The topological polar surface area (TPSA) is 78.5 Å². The van der Waals surface area contributed by atoms with Crippen molar-refractivity contribution >= 4 is 43.6 Å². The van der Waals surface area contributed by atoms with Gasteiger partial charge in [0.15, 0.2) is 0 Å². The standard InChI is InChI=1S/C16H13F3N3.C14H14N3.Pt/c1-15(2,3)11-7-12-10(13-9(11)5-4-6-20-13)8-21-14(22-12)16(17,18)19;1-14(2,3)13-10-7-6-9-5-4-8-15-11(9)12(10)16-17-13;/h4-7H,1-3H3;4-8H,1-3H3;/q2*-1;+2. The molecule has 40 heavy (non-hydrogen) atoms. The Kier molecular flexibility index (Phi) is 7.76. The third kappa shape index (κ3) is 5.57. The first-order chi connectivity index (χ1) is 18.2. The van der Waals surface area contributed by atoms with E-state index in [4.69, 9.17) is 0 Å². The maximum absolute atomic E-state index is 12.8. The van der Waals surface area contributed by atoms with Crippen LogP contribution in [0.1, 0.15) is 58.6 Å². The fourth-order valence-electron chi connectivity index (χ4n) is 4.55. The first-order valence-electron chi connectivity index (χ1n) is 12.5. The summed E-state index contributed by atoms with van der Waals surface area (Å²) in [7, 11) is 0. The molecule has 0 spiro atoms. The van der Waals surface area contributed by atoms with Gasteiger partial charge in [-0.05, 0) is 56.5 Å². The Bertz CT molecular complexity index is 1830. The summed E-state index contributed by atoms with van der Waals surface area (Å²) in [6.07, 6.45) is 1.26. The van der Waals surface area contributed by atoms with Crippen LogP contribution < -0.4 is 5.10 Å². The van der Waals surface area contributed by atoms with Crippen LogP contribution in [0, 0.1) is 6.20 Å². The predicted octanol–water partition coefficient (Wildman–Crippen LogP) is 7.33. The molecule has 0 aliphatic heterocycles. The van der Waals surface area contributed by atoms with Gasteiger partial charge >= 0.3 is 27.2 Å². The quantitative estimate of drug-likeness (QED) is 0.121. The Balaban J connectivity index is 0.000000186. The molecule has 0 fully saturated rings. The fourth-order valence-corrected chi connectivity index (χ4v) is 4.55. The van der Waals surface area contributed by atoms with E-state index in [1.165, 1.54) is 0 Å². The Labute approximate surface area is 244 Å². The van der Waals surface area contributed by atoms with Crippen LogP contribution in [-0.2, 0) is 38.1 Å². The second-order valence-corrected chi connectivity index (χ2v) is 11.5. The zero-order valence-corrected chi connectivity index (χ0v) is 25.1. The first-order valence-corrected chi connectivity index (χ1v) is 12.5. The average Bonchev–Trinajstić information content (AvgIpc) is 3.33. The van der Waals surface area contributed by atoms with Crippen LogP contribution in [0.25, 0.3) is 43.6 Å². The van der Waals surface area contributed by atoms with Crippen molar-refractivity contribution in [1.29, 1.82) is 0 Å². The number of pyridine rings is 2. The number of benzene rings is 2. The number of nitrogens with zero attached hydrogens (tertiary/aromatic N) is 6. The Hall–Kier alpha value is -3.45. The van der Waals surface area contributed by atoms with E-state index < -0.39 is 12.0 Å². The average molecular weight is 724 g/mol. The molecular weight excluding hydrogens is 696 g/mol. The van der Waals surface area contributed by atoms with Crippen molar-refractivity contribution in [3.63, 3.8) is 0 Å². The molecule has 6 rings (SSSR count). The van der Waals surface area contributed by atoms with Crippen LogP contribution in [0.4, 0.5) is 13.2 Å². The van der Waals surface area contributed by atoms with Gasteiger partial charge in [0.2, 0.25) is 0 Å². The van der Waals surface area contributed by atoms with Crippen molar-refractivity contribution in [3.05, 3.63) is 78.1 Å². The van der Waals surface area contributed by atoms with Crippen LogP contribution in [0.15, 0.2) is 54.9 Å². The maximum Gasteiger partial charge on any atom is 2.00 e. The molecule has 2 aromatic carbocycles. The van der Waals surface area contributed by atoms with E-state index in [0.29, 0.717) is 10.9 Å². The number of fused-ring (bicyclic) bond motifs is 6. The molecule has 0 bridgehead atoms. The van der Waals surface area contributed by atoms with Gasteiger partial charge in [-0.1, -0.05) is 82.8 Å². The third-order valence-corrected chi connectivity index (χ3v) is 6.40. The van der Waals surface area contributed by atoms with Crippen molar-refractivity contribution in [2.24, 2.45) is 0 Å². The second-order valence-electron chi connectivity index (χ2n) is 11.5. The van der Waals surface area contributed by atoms with Gasteiger partial charge in [-0.2, -0.15) is 13.2 Å². The number of halogens is 3. The number of alkyl halides is 3. The first kappa shape index (κ1) is 29.5. The summed E-state index contributed by atoms with van der Waals surface area (Å²) in [4.78, 5) is 15.7. The van der Waals surface area contributed by atoms with Crippen LogP contribution >= 0.6 is 0 Å². The van der Waals surface area contributed by atoms with Gasteiger partial charge in [0, 0.05) is 23.5 Å². The van der Waals surface area contributed by atoms with Crippen molar-refractivity contribution < 1.29 is 34.2 Å². The van der Waals surface area contributed by atoms with E-state index in [1.807, 2.05) is 39.0 Å². The summed E-state index contributed by atoms with van der Waals surface area (Å²) in [5.74, 6) is -1.19. The Morgan fingerprint density at radius 2 is 1.48 bits per heavy atom. The molecule has 0 unspecified atom stereocenters. The molecule has 10 heteroatoms. The van der Waals surface area contributed by atoms with Crippen LogP contribution in [-0.4, -0.2) is 25.0 Å². The summed E-state index contributed by atoms with van der Waals surface area (Å²) in [5, 5.41) is 12.1. The van der Waals surface area contributed by atoms with E-state index in [0.717, 1.165) is 38.4 Å². The van der Waals surface area contributed by atoms with Gasteiger partial charge < -0.3 is 25.1 Å². The third-order valence-electron chi connectivity index (χ3n) is 6.40. The monoisotopic (exact) mass is 723 g/mol. The van der Waals surface area contributed by atoms with Gasteiger partial charge in [0.05, 0.1) is 5.52 Å². The molecule has 0 radical (unpaired) electrons. The zero-order chi connectivity index (χ0) is 28.2. The van der Waals surface area contributed by atoms with Gasteiger partial charge in [0.25, 0.3) is 0 Å². The van der Waals surface area contributed by atoms with E-state index in [2.05, 4.69) is 69.2 Å². The summed E-state index contributed by atoms with van der Waals surface area (Å²) in [6, 6.07) is 13.5. The van der Waals surface area contributed by atoms with Gasteiger partial charge in [-0.3, -0.25) is 4.98 Å². The maximum atomic E-state index is 12.8. The van der Waals surface area contributed by atoms with Gasteiger partial charge in [-0.15, -0.1) is 0 Å². The minimum absolute atomic E-state index is 0. The largest absolute Gasteiger partial charge is 2.00 e. The molecule has 208 valence electrons. The normalized spacial score (nSPS) is 12.4. The smallest absolute Gasteiger partial charge is 0.573 e. The molecule has 4 aromatic heterocycles. The van der Waals surface area contributed by atoms with Crippen LogP contribution in [0.5, 0.6) is 0 Å². The Morgan fingerprint density at radius 1 is 0.800 bits per heavy atom. The number of hydrogen-bond donors (Lipinski definition) is 0. The molecular formula is C30H27F3N6Pt. The van der Waals surface area contributed by atoms with Gasteiger partial charge in [0.1, 0.15) is 5.82 Å². The van der Waals surface area contributed by atoms with Crippen molar-refractivity contribution in [2.45, 2.75) is 58.5 Å². The number of rotatable bonds is 0. The summed E-state index contributed by atoms with van der Waals surface area (Å²) >= 11 is 0. The van der Waals surface area contributed by atoms with Crippen molar-refractivity contribution in [2.75, 3.05) is 0 Å². The fraction of sp³-hybridized carbons (Fsp3) is 0.300. The van der Waals surface area contributed by atoms with Crippen LogP contribution in [0.2, 0.25) is 0 Å². The molecule has 6 nitrogen and oxygen atoms in total.